The molecule has 7 nitrogen and oxygen atoms in total. The molecule has 0 unspecified atom stereocenters. The van der Waals surface area contributed by atoms with E-state index < -0.39 is 0 Å². The molecule has 1 aromatic carbocycles. The summed E-state index contributed by atoms with van der Waals surface area (Å²) in [5.74, 6) is 1.08. The number of imidazole rings is 1. The van der Waals surface area contributed by atoms with Crippen molar-refractivity contribution in [2.24, 2.45) is 5.92 Å². The van der Waals surface area contributed by atoms with Crippen molar-refractivity contribution in [3.8, 4) is 0 Å². The zero-order chi connectivity index (χ0) is 18.1. The van der Waals surface area contributed by atoms with E-state index >= 15 is 0 Å². The lowest BCUT2D eigenvalue weighted by Crippen LogP contribution is -2.19. The summed E-state index contributed by atoms with van der Waals surface area (Å²) in [4.78, 5) is 23.9. The molecule has 1 aliphatic rings. The highest BCUT2D eigenvalue weighted by Crippen LogP contribution is 2.22. The first-order chi connectivity index (χ1) is 12.6. The summed E-state index contributed by atoms with van der Waals surface area (Å²) in [6, 6.07) is 5.22. The van der Waals surface area contributed by atoms with Crippen LogP contribution in [0.25, 0.3) is 11.2 Å². The molecular weight excluding hydrogens is 375 g/mol. The van der Waals surface area contributed by atoms with Crippen LogP contribution in [0, 0.1) is 5.92 Å². The highest BCUT2D eigenvalue weighted by Gasteiger charge is 2.16. The zero-order valence-corrected chi connectivity index (χ0v) is 15.4. The highest BCUT2D eigenvalue weighted by atomic mass is 35.5. The lowest BCUT2D eigenvalue weighted by molar-refractivity contribution is 0.613. The predicted octanol–water partition coefficient (Wildman–Crippen LogP) is 2.50. The summed E-state index contributed by atoms with van der Waals surface area (Å²) in [6.45, 7) is 3.15. The summed E-state index contributed by atoms with van der Waals surface area (Å²) in [6.07, 6.45) is 2.76. The van der Waals surface area contributed by atoms with E-state index in [2.05, 4.69) is 25.6 Å². The van der Waals surface area contributed by atoms with Gasteiger partial charge in [0.05, 0.1) is 12.7 Å². The van der Waals surface area contributed by atoms with Crippen LogP contribution in [0.3, 0.4) is 0 Å². The van der Waals surface area contributed by atoms with Crippen LogP contribution in [0.5, 0.6) is 0 Å². The number of H-pyrrole nitrogens is 1. The summed E-state index contributed by atoms with van der Waals surface area (Å²) >= 11 is 12.2. The Bertz CT molecular complexity index is 993. The molecule has 0 amide bonds. The van der Waals surface area contributed by atoms with Gasteiger partial charge in [-0.3, -0.25) is 4.57 Å². The number of fused-ring (bicyclic) bond motifs is 1. The average Bonchev–Trinajstić information content (AvgIpc) is 3.23. The van der Waals surface area contributed by atoms with Crippen LogP contribution >= 0.6 is 23.2 Å². The second kappa shape index (κ2) is 7.26. The van der Waals surface area contributed by atoms with Gasteiger partial charge >= 0.3 is 5.69 Å². The maximum absolute atomic E-state index is 12.3. The minimum absolute atomic E-state index is 0.252. The molecule has 1 atom stereocenters. The largest absolute Gasteiger partial charge is 0.354 e. The molecule has 0 radical (unpaired) electrons. The van der Waals surface area contributed by atoms with Crippen LogP contribution in [0.2, 0.25) is 10.0 Å². The van der Waals surface area contributed by atoms with Crippen LogP contribution in [-0.4, -0.2) is 39.2 Å². The monoisotopic (exact) mass is 392 g/mol. The Hall–Kier alpha value is -2.09. The Morgan fingerprint density at radius 1 is 1.35 bits per heavy atom. The van der Waals surface area contributed by atoms with Crippen molar-refractivity contribution in [3.05, 3.63) is 50.5 Å². The minimum Gasteiger partial charge on any atom is -0.354 e. The molecule has 136 valence electrons. The molecule has 1 aliphatic heterocycles. The van der Waals surface area contributed by atoms with E-state index in [1.807, 2.05) is 6.07 Å². The molecule has 26 heavy (non-hydrogen) atoms. The average molecular weight is 393 g/mol. The van der Waals surface area contributed by atoms with Gasteiger partial charge in [-0.25, -0.2) is 9.78 Å². The van der Waals surface area contributed by atoms with Crippen molar-refractivity contribution in [2.45, 2.75) is 13.0 Å². The Morgan fingerprint density at radius 2 is 2.23 bits per heavy atom. The molecule has 4 rings (SSSR count). The number of nitrogens with one attached hydrogen (secondary N) is 3. The second-order valence-electron chi connectivity index (χ2n) is 6.42. The Morgan fingerprint density at radius 3 is 3.00 bits per heavy atom. The third-order valence-corrected chi connectivity index (χ3v) is 5.15. The third kappa shape index (κ3) is 3.56. The van der Waals surface area contributed by atoms with E-state index in [-0.39, 0.29) is 5.69 Å². The maximum atomic E-state index is 12.3. The number of aromatic amines is 1. The van der Waals surface area contributed by atoms with Crippen LogP contribution < -0.4 is 16.3 Å². The molecular formula is C17H18Cl2N6O. The number of anilines is 1. The normalized spacial score (nSPS) is 17.1. The number of aromatic nitrogens is 4. The van der Waals surface area contributed by atoms with Crippen molar-refractivity contribution >= 4 is 40.3 Å². The molecule has 0 aliphatic carbocycles. The summed E-state index contributed by atoms with van der Waals surface area (Å²) < 4.78 is 1.55. The van der Waals surface area contributed by atoms with Gasteiger partial charge in [0.15, 0.2) is 5.65 Å². The van der Waals surface area contributed by atoms with Gasteiger partial charge in [-0.15, -0.1) is 0 Å². The summed E-state index contributed by atoms with van der Waals surface area (Å²) in [5.41, 5.74) is 1.68. The summed E-state index contributed by atoms with van der Waals surface area (Å²) in [5, 5.41) is 7.67. The van der Waals surface area contributed by atoms with Crippen molar-refractivity contribution in [1.82, 2.24) is 24.8 Å². The molecule has 9 heteroatoms. The van der Waals surface area contributed by atoms with Crippen LogP contribution in [0.1, 0.15) is 12.0 Å². The fourth-order valence-electron chi connectivity index (χ4n) is 3.12. The lowest BCUT2D eigenvalue weighted by atomic mass is 10.1. The number of hydrogen-bond acceptors (Lipinski definition) is 5. The fourth-order valence-corrected chi connectivity index (χ4v) is 3.59. The number of nitrogens with zero attached hydrogens (tertiary/aromatic N) is 3. The SMILES string of the molecule is O=c1[nH]c2cnc(NC[C@@H]3CCNC3)nc2n1Cc1ccc(Cl)cc1Cl. The third-order valence-electron chi connectivity index (χ3n) is 4.57. The van der Waals surface area contributed by atoms with Gasteiger partial charge in [-0.05, 0) is 43.1 Å². The first kappa shape index (κ1) is 17.3. The quantitative estimate of drug-likeness (QED) is 0.620. The molecule has 2 aromatic heterocycles. The predicted molar refractivity (Wildman–Crippen MR) is 103 cm³/mol. The lowest BCUT2D eigenvalue weighted by Gasteiger charge is -2.10. The number of halogens is 2. The van der Waals surface area contributed by atoms with Gasteiger partial charge in [-0.2, -0.15) is 4.98 Å². The van der Waals surface area contributed by atoms with Crippen molar-refractivity contribution in [2.75, 3.05) is 25.0 Å². The Kier molecular flexibility index (Phi) is 4.84. The summed E-state index contributed by atoms with van der Waals surface area (Å²) in [7, 11) is 0. The topological polar surface area (TPSA) is 87.6 Å². The molecule has 1 saturated heterocycles. The van der Waals surface area contributed by atoms with Gasteiger partial charge < -0.3 is 15.6 Å². The van der Waals surface area contributed by atoms with Gasteiger partial charge in [-0.1, -0.05) is 29.3 Å². The van der Waals surface area contributed by atoms with Crippen molar-refractivity contribution in [3.63, 3.8) is 0 Å². The van der Waals surface area contributed by atoms with Gasteiger partial charge in [0, 0.05) is 16.6 Å². The van der Waals surface area contributed by atoms with Crippen molar-refractivity contribution in [1.29, 1.82) is 0 Å². The molecule has 3 N–H and O–H groups in total. The van der Waals surface area contributed by atoms with E-state index in [9.17, 15) is 4.79 Å². The van der Waals surface area contributed by atoms with Gasteiger partial charge in [0.1, 0.15) is 5.52 Å². The smallest absolute Gasteiger partial charge is 0.328 e. The molecule has 0 spiro atoms. The Labute approximate surface area is 159 Å². The Balaban J connectivity index is 1.62. The van der Waals surface area contributed by atoms with E-state index in [1.54, 1.807) is 22.9 Å². The van der Waals surface area contributed by atoms with E-state index in [0.29, 0.717) is 39.6 Å². The molecule has 3 heterocycles. The van der Waals surface area contributed by atoms with Crippen LogP contribution in [0.4, 0.5) is 5.95 Å². The zero-order valence-electron chi connectivity index (χ0n) is 13.9. The van der Waals surface area contributed by atoms with E-state index in [0.717, 1.165) is 31.6 Å². The minimum atomic E-state index is -0.252. The van der Waals surface area contributed by atoms with Crippen molar-refractivity contribution < 1.29 is 0 Å². The first-order valence-electron chi connectivity index (χ1n) is 8.44. The fraction of sp³-hybridized carbons (Fsp3) is 0.353. The standard InChI is InChI=1S/C17H18Cl2N6O/c18-12-2-1-11(13(19)5-12)9-25-15-14(23-17(25)26)8-22-16(24-15)21-7-10-3-4-20-6-10/h1-2,5,8,10,20H,3-4,6-7,9H2,(H,23,26)(H,21,22,24)/t10-/m1/s1. The van der Waals surface area contributed by atoms with Gasteiger partial charge in [0.2, 0.25) is 5.95 Å². The number of rotatable bonds is 5. The second-order valence-corrected chi connectivity index (χ2v) is 7.27. The highest BCUT2D eigenvalue weighted by molar-refractivity contribution is 6.35. The number of benzene rings is 1. The first-order valence-corrected chi connectivity index (χ1v) is 9.20. The van der Waals surface area contributed by atoms with Crippen LogP contribution in [-0.2, 0) is 6.54 Å². The molecule has 0 saturated carbocycles. The van der Waals surface area contributed by atoms with E-state index in [1.165, 1.54) is 0 Å². The molecule has 3 aromatic rings. The van der Waals surface area contributed by atoms with Gasteiger partial charge in [0.25, 0.3) is 0 Å². The molecule has 0 bridgehead atoms. The van der Waals surface area contributed by atoms with E-state index in [4.69, 9.17) is 23.2 Å². The van der Waals surface area contributed by atoms with Crippen LogP contribution in [0.15, 0.2) is 29.2 Å². The number of hydrogen-bond donors (Lipinski definition) is 3. The maximum Gasteiger partial charge on any atom is 0.328 e. The molecule has 1 fully saturated rings.